The number of rotatable bonds is 5. The van der Waals surface area contributed by atoms with E-state index in [1.807, 2.05) is 5.43 Å². The van der Waals surface area contributed by atoms with Gasteiger partial charge in [0.25, 0.3) is 5.91 Å². The first-order valence-electron chi connectivity index (χ1n) is 7.04. The van der Waals surface area contributed by atoms with Crippen LogP contribution in [0.5, 0.6) is 0 Å². The van der Waals surface area contributed by atoms with E-state index in [9.17, 15) is 18.0 Å². The highest BCUT2D eigenvalue weighted by Crippen LogP contribution is 2.22. The van der Waals surface area contributed by atoms with Crippen molar-refractivity contribution in [3.05, 3.63) is 51.4 Å². The highest BCUT2D eigenvalue weighted by molar-refractivity contribution is 6.01. The number of hydrogen-bond acceptors (Lipinski definition) is 5. The second-order valence-electron chi connectivity index (χ2n) is 4.87. The van der Waals surface area contributed by atoms with Gasteiger partial charge in [0.05, 0.1) is 0 Å². The van der Waals surface area contributed by atoms with Crippen LogP contribution < -0.4 is 16.7 Å². The second-order valence-corrected chi connectivity index (χ2v) is 4.87. The highest BCUT2D eigenvalue weighted by Gasteiger charge is 2.27. The lowest BCUT2D eigenvalue weighted by Gasteiger charge is -2.19. The van der Waals surface area contributed by atoms with E-state index in [-0.39, 0.29) is 13.0 Å². The zero-order chi connectivity index (χ0) is 18.9. The molecule has 0 fully saturated rings. The summed E-state index contributed by atoms with van der Waals surface area (Å²) in [6.45, 7) is 0.606. The first-order valence-corrected chi connectivity index (χ1v) is 7.04. The van der Waals surface area contributed by atoms with Crippen LogP contribution in [0.2, 0.25) is 0 Å². The fourth-order valence-corrected chi connectivity index (χ4v) is 2.10. The number of nitrogen functional groups attached to an aromatic ring is 1. The van der Waals surface area contributed by atoms with Crippen molar-refractivity contribution in [3.8, 4) is 0 Å². The maximum Gasteiger partial charge on any atom is 0.389 e. The molecule has 0 radical (unpaired) electrons. The molecule has 0 spiro atoms. The van der Waals surface area contributed by atoms with E-state index in [2.05, 4.69) is 10.5 Å². The zero-order valence-electron chi connectivity index (χ0n) is 13.0. The maximum atomic E-state index is 12.2. The summed E-state index contributed by atoms with van der Waals surface area (Å²) in [4.78, 5) is 14.6. The number of carbonyl (C=O) groups is 1. The zero-order valence-corrected chi connectivity index (χ0v) is 13.0. The average molecular weight is 357 g/mol. The number of hydrazine groups is 1. The van der Waals surface area contributed by atoms with Crippen LogP contribution in [0, 0.1) is 0 Å². The Kier molecular flexibility index (Phi) is 7.50. The van der Waals surface area contributed by atoms with Crippen LogP contribution in [0.15, 0.2) is 29.4 Å². The first kappa shape index (κ1) is 20.1. The molecule has 136 valence electrons. The molecule has 0 aromatic heterocycles. The minimum absolute atomic E-state index is 0.00212. The van der Waals surface area contributed by atoms with Gasteiger partial charge < -0.3 is 16.0 Å². The molecule has 4 N–H and O–H groups in total. The summed E-state index contributed by atoms with van der Waals surface area (Å²) in [7, 11) is 0. The number of carbonyl (C=O) groups excluding carboxylic acids is 1. The summed E-state index contributed by atoms with van der Waals surface area (Å²) in [6.07, 6.45) is -4.98. The maximum absolute atomic E-state index is 12.2. The third-order valence-corrected chi connectivity index (χ3v) is 3.17. The Balaban J connectivity index is 0.000000970. The minimum atomic E-state index is -4.15. The highest BCUT2D eigenvalue weighted by atomic mass is 19.4. The molecule has 1 aromatic carbocycles. The summed E-state index contributed by atoms with van der Waals surface area (Å²) in [5.74, 6) is 5.18. The average Bonchev–Trinajstić information content (AvgIpc) is 3.02. The van der Waals surface area contributed by atoms with Crippen LogP contribution in [0.4, 0.5) is 13.2 Å². The third-order valence-electron chi connectivity index (χ3n) is 3.17. The number of amides is 1. The number of amidine groups is 1. The Morgan fingerprint density at radius 2 is 1.96 bits per heavy atom. The van der Waals surface area contributed by atoms with Gasteiger partial charge in [-0.15, -0.1) is 0 Å². The summed E-state index contributed by atoms with van der Waals surface area (Å²) < 4.78 is 36.6. The molecule has 9 nitrogen and oxygen atoms in total. The fraction of sp³-hybridized carbons (Fsp3) is 0.385. The van der Waals surface area contributed by atoms with Crippen LogP contribution >= 0.6 is 0 Å². The van der Waals surface area contributed by atoms with Gasteiger partial charge in [0.15, 0.2) is 5.84 Å². The number of nitrogens with one attached hydrogen (secondary N) is 2. The Labute approximate surface area is 141 Å². The third kappa shape index (κ3) is 6.57. The van der Waals surface area contributed by atoms with Gasteiger partial charge in [-0.05, 0) is 18.6 Å². The van der Waals surface area contributed by atoms with Gasteiger partial charge in [-0.3, -0.25) is 20.6 Å². The van der Waals surface area contributed by atoms with Gasteiger partial charge >= 0.3 is 6.18 Å². The molecule has 25 heavy (non-hydrogen) atoms. The molecule has 0 unspecified atom stereocenters. The Bertz CT molecular complexity index is 638. The number of halogens is 3. The lowest BCUT2D eigenvalue weighted by atomic mass is 10.1. The molecule has 1 aliphatic heterocycles. The molecule has 0 saturated heterocycles. The number of hydrogen-bond donors (Lipinski definition) is 3. The van der Waals surface area contributed by atoms with Gasteiger partial charge in [-0.1, -0.05) is 12.1 Å². The SMILES string of the molecule is NNC(=O)c1ccc(C2=NNCN2CCCC(F)(F)F)cc1.[N-]=[N+]=[N-]. The van der Waals surface area contributed by atoms with Crippen molar-refractivity contribution < 1.29 is 18.0 Å². The van der Waals surface area contributed by atoms with Crippen LogP contribution in [0.25, 0.3) is 16.0 Å². The van der Waals surface area contributed by atoms with E-state index in [0.717, 1.165) is 0 Å². The normalized spacial score (nSPS) is 13.1. The van der Waals surface area contributed by atoms with Crippen LogP contribution in [0.1, 0.15) is 28.8 Å². The molecule has 0 atom stereocenters. The van der Waals surface area contributed by atoms with Crippen molar-refractivity contribution in [2.45, 2.75) is 19.0 Å². The number of alkyl halides is 3. The molecule has 0 saturated carbocycles. The quantitative estimate of drug-likeness (QED) is 0.185. The van der Waals surface area contributed by atoms with E-state index in [1.54, 1.807) is 29.2 Å². The molecule has 1 amide bonds. The standard InChI is InChI=1S/C13H16F3N5O.N3/c14-13(15,16)6-1-7-21-8-18-20-11(21)9-2-4-10(5-3-9)12(22)19-17;1-3-2/h2-5,18H,1,6-8,17H2,(H,19,22);/q;-1. The van der Waals surface area contributed by atoms with Crippen LogP contribution in [-0.4, -0.2) is 36.0 Å². The van der Waals surface area contributed by atoms with Crippen molar-refractivity contribution in [3.63, 3.8) is 0 Å². The van der Waals surface area contributed by atoms with E-state index in [0.29, 0.717) is 23.6 Å². The van der Waals surface area contributed by atoms with Gasteiger partial charge in [-0.25, -0.2) is 5.84 Å². The summed E-state index contributed by atoms with van der Waals surface area (Å²) >= 11 is 0. The Hall–Kier alpha value is -2.98. The summed E-state index contributed by atoms with van der Waals surface area (Å²) in [5.41, 5.74) is 19.4. The first-order chi connectivity index (χ1) is 11.8. The van der Waals surface area contributed by atoms with Gasteiger partial charge in [0.2, 0.25) is 0 Å². The van der Waals surface area contributed by atoms with Gasteiger partial charge in [0, 0.05) is 24.1 Å². The second kappa shape index (κ2) is 9.35. The number of nitrogens with zero attached hydrogens (tertiary/aromatic N) is 5. The molecule has 1 aliphatic rings. The van der Waals surface area contributed by atoms with Gasteiger partial charge in [0.1, 0.15) is 6.67 Å². The summed E-state index contributed by atoms with van der Waals surface area (Å²) in [6, 6.07) is 6.50. The largest absolute Gasteiger partial charge is 0.389 e. The van der Waals surface area contributed by atoms with Crippen LogP contribution in [-0.2, 0) is 0 Å². The van der Waals surface area contributed by atoms with Crippen LogP contribution in [0.3, 0.4) is 0 Å². The molecular formula is C13H16F3N8O-. The lowest BCUT2D eigenvalue weighted by molar-refractivity contribution is -0.135. The molecule has 12 heteroatoms. The topological polar surface area (TPSA) is 141 Å². The van der Waals surface area contributed by atoms with E-state index < -0.39 is 18.5 Å². The number of nitrogens with two attached hydrogens (primary N) is 1. The number of hydrazone groups is 1. The Morgan fingerprint density at radius 1 is 1.36 bits per heavy atom. The Morgan fingerprint density at radius 3 is 2.48 bits per heavy atom. The van der Waals surface area contributed by atoms with Crippen molar-refractivity contribution in [2.24, 2.45) is 10.9 Å². The summed E-state index contributed by atoms with van der Waals surface area (Å²) in [5, 5.41) is 4.08. The predicted octanol–water partition coefficient (Wildman–Crippen LogP) is 2.02. The van der Waals surface area contributed by atoms with Crippen molar-refractivity contribution >= 4 is 11.7 Å². The van der Waals surface area contributed by atoms with Crippen molar-refractivity contribution in [2.75, 3.05) is 13.2 Å². The number of benzene rings is 1. The van der Waals surface area contributed by atoms with Crippen molar-refractivity contribution in [1.29, 1.82) is 0 Å². The molecule has 0 bridgehead atoms. The molecule has 1 heterocycles. The van der Waals surface area contributed by atoms with Gasteiger partial charge in [-0.2, -0.15) is 18.3 Å². The van der Waals surface area contributed by atoms with E-state index in [4.69, 9.17) is 16.9 Å². The fourth-order valence-electron chi connectivity index (χ4n) is 2.10. The molecular weight excluding hydrogens is 341 g/mol. The van der Waals surface area contributed by atoms with E-state index >= 15 is 0 Å². The monoisotopic (exact) mass is 357 g/mol. The molecule has 2 rings (SSSR count). The molecule has 0 aliphatic carbocycles. The molecule has 1 aromatic rings. The smallest absolute Gasteiger partial charge is 0.373 e. The predicted molar refractivity (Wildman–Crippen MR) is 84.7 cm³/mol. The van der Waals surface area contributed by atoms with Crippen molar-refractivity contribution in [1.82, 2.24) is 15.8 Å². The lowest BCUT2D eigenvalue weighted by Crippen LogP contribution is -2.32. The minimum Gasteiger partial charge on any atom is -0.373 e. The van der Waals surface area contributed by atoms with E-state index in [1.165, 1.54) is 4.91 Å².